The summed E-state index contributed by atoms with van der Waals surface area (Å²) < 4.78 is 14.3. The van der Waals surface area contributed by atoms with Crippen LogP contribution in [-0.4, -0.2) is 57.9 Å². The highest BCUT2D eigenvalue weighted by Crippen LogP contribution is 2.50. The Balaban J connectivity index is 1.58. The Bertz CT molecular complexity index is 1480. The van der Waals surface area contributed by atoms with E-state index >= 15 is 0 Å². The molecule has 2 heterocycles. The SMILES string of the molecule is Cc1nc(N[C@H](C)c2cccc(C#N)c2C)c2cc(P3(=O)CCN(C(=O)CO)CC3)c3c(c2n1)CCC3. The van der Waals surface area contributed by atoms with Crippen molar-refractivity contribution in [2.75, 3.05) is 37.3 Å². The minimum absolute atomic E-state index is 0.105. The first kappa shape index (κ1) is 25.4. The van der Waals surface area contributed by atoms with Gasteiger partial charge in [0.25, 0.3) is 0 Å². The molecule has 192 valence electrons. The summed E-state index contributed by atoms with van der Waals surface area (Å²) in [4.78, 5) is 23.2. The van der Waals surface area contributed by atoms with Gasteiger partial charge in [0, 0.05) is 36.1 Å². The van der Waals surface area contributed by atoms with Crippen molar-refractivity contribution in [1.82, 2.24) is 14.9 Å². The second kappa shape index (κ2) is 9.89. The van der Waals surface area contributed by atoms with Crippen molar-refractivity contribution < 1.29 is 14.5 Å². The number of aliphatic hydroxyl groups is 1. The molecule has 1 aliphatic heterocycles. The van der Waals surface area contributed by atoms with Gasteiger partial charge in [0.05, 0.1) is 23.2 Å². The standard InChI is InChI=1S/C28H32N5O3P/c1-17-20(15-29)6-4-7-21(17)18(2)30-28-24-14-25(37(36)12-10-33(11-13-37)26(35)16-34)22-8-5-9-23(22)27(24)31-19(3)32-28/h4,6-7,14,18,34H,5,8-13,16H2,1-3H3,(H,30,31,32)/t18-/m1/s1. The molecule has 37 heavy (non-hydrogen) atoms. The van der Waals surface area contributed by atoms with E-state index in [4.69, 9.17) is 9.97 Å². The molecule has 2 aromatic carbocycles. The average Bonchev–Trinajstić information content (AvgIpc) is 3.38. The summed E-state index contributed by atoms with van der Waals surface area (Å²) in [5, 5.41) is 24.1. The number of benzene rings is 2. The van der Waals surface area contributed by atoms with Crippen LogP contribution in [0.1, 0.15) is 53.0 Å². The maximum atomic E-state index is 14.3. The molecule has 1 amide bonds. The Morgan fingerprint density at radius 2 is 1.95 bits per heavy atom. The smallest absolute Gasteiger partial charge is 0.248 e. The molecule has 2 N–H and O–H groups in total. The van der Waals surface area contributed by atoms with Gasteiger partial charge in [0.2, 0.25) is 5.91 Å². The highest BCUT2D eigenvalue weighted by molar-refractivity contribution is 7.71. The zero-order valence-corrected chi connectivity index (χ0v) is 22.4. The van der Waals surface area contributed by atoms with E-state index in [1.807, 2.05) is 38.1 Å². The van der Waals surface area contributed by atoms with E-state index in [1.54, 1.807) is 4.90 Å². The summed E-state index contributed by atoms with van der Waals surface area (Å²) in [6.07, 6.45) is 3.61. The van der Waals surface area contributed by atoms with Crippen molar-refractivity contribution in [3.8, 4) is 6.07 Å². The fourth-order valence-corrected chi connectivity index (χ4v) is 8.78. The summed E-state index contributed by atoms with van der Waals surface area (Å²) in [5.74, 6) is 1.07. The topological polar surface area (TPSA) is 119 Å². The van der Waals surface area contributed by atoms with Gasteiger partial charge in [-0.2, -0.15) is 5.26 Å². The van der Waals surface area contributed by atoms with E-state index in [9.17, 15) is 19.7 Å². The quantitative estimate of drug-likeness (QED) is 0.496. The number of carbonyl (C=O) groups excluding carboxylic acids is 1. The first-order chi connectivity index (χ1) is 17.8. The molecule has 1 saturated heterocycles. The van der Waals surface area contributed by atoms with Crippen molar-refractivity contribution >= 4 is 35.1 Å². The van der Waals surface area contributed by atoms with Crippen LogP contribution in [0.5, 0.6) is 0 Å². The van der Waals surface area contributed by atoms with Crippen molar-refractivity contribution in [3.05, 3.63) is 57.9 Å². The van der Waals surface area contributed by atoms with Crippen molar-refractivity contribution in [2.45, 2.75) is 46.1 Å². The molecule has 3 aromatic rings. The molecule has 0 radical (unpaired) electrons. The number of aliphatic hydroxyl groups excluding tert-OH is 1. The van der Waals surface area contributed by atoms with Gasteiger partial charge in [-0.1, -0.05) is 12.1 Å². The summed E-state index contributed by atoms with van der Waals surface area (Å²) in [6.45, 7) is 6.17. The molecule has 1 aliphatic carbocycles. The Labute approximate surface area is 217 Å². The maximum Gasteiger partial charge on any atom is 0.248 e. The molecular weight excluding hydrogens is 485 g/mol. The molecule has 1 atom stereocenters. The van der Waals surface area contributed by atoms with Gasteiger partial charge in [-0.15, -0.1) is 0 Å². The number of aryl methyl sites for hydroxylation is 2. The molecular formula is C28H32N5O3P. The number of nitrogens with one attached hydrogen (secondary N) is 1. The number of carbonyl (C=O) groups is 1. The van der Waals surface area contributed by atoms with E-state index in [2.05, 4.69) is 18.3 Å². The third kappa shape index (κ3) is 4.52. The van der Waals surface area contributed by atoms with E-state index in [-0.39, 0.29) is 11.9 Å². The molecule has 8 nitrogen and oxygen atoms in total. The first-order valence-corrected chi connectivity index (χ1v) is 14.9. The third-order valence-corrected chi connectivity index (χ3v) is 11.0. The lowest BCUT2D eigenvalue weighted by atomic mass is 9.98. The zero-order chi connectivity index (χ0) is 26.3. The van der Waals surface area contributed by atoms with Gasteiger partial charge in [-0.25, -0.2) is 9.97 Å². The molecule has 1 fully saturated rings. The number of aromatic nitrogens is 2. The Kier molecular flexibility index (Phi) is 6.78. The molecule has 0 unspecified atom stereocenters. The number of amides is 1. The average molecular weight is 518 g/mol. The van der Waals surface area contributed by atoms with E-state index < -0.39 is 13.7 Å². The van der Waals surface area contributed by atoms with E-state index in [0.29, 0.717) is 42.6 Å². The van der Waals surface area contributed by atoms with Crippen LogP contribution in [0.3, 0.4) is 0 Å². The maximum absolute atomic E-state index is 14.3. The summed E-state index contributed by atoms with van der Waals surface area (Å²) in [5.41, 5.74) is 5.86. The lowest BCUT2D eigenvalue weighted by Crippen LogP contribution is -2.42. The van der Waals surface area contributed by atoms with Gasteiger partial charge in [-0.05, 0) is 74.4 Å². The fourth-order valence-electron chi connectivity index (χ4n) is 5.84. The molecule has 0 spiro atoms. The number of hydrogen-bond acceptors (Lipinski definition) is 7. The summed E-state index contributed by atoms with van der Waals surface area (Å²) >= 11 is 0. The number of fused-ring (bicyclic) bond motifs is 3. The first-order valence-electron chi connectivity index (χ1n) is 12.8. The Hall–Kier alpha value is -3.27. The van der Waals surface area contributed by atoms with E-state index in [1.165, 1.54) is 5.56 Å². The van der Waals surface area contributed by atoms with Crippen LogP contribution in [0, 0.1) is 25.2 Å². The molecule has 9 heteroatoms. The number of nitrogens with zero attached hydrogens (tertiary/aromatic N) is 4. The van der Waals surface area contributed by atoms with Crippen molar-refractivity contribution in [3.63, 3.8) is 0 Å². The van der Waals surface area contributed by atoms with Gasteiger partial charge < -0.3 is 19.9 Å². The van der Waals surface area contributed by atoms with Crippen LogP contribution in [0.15, 0.2) is 24.3 Å². The van der Waals surface area contributed by atoms with Gasteiger partial charge in [0.15, 0.2) is 0 Å². The summed E-state index contributed by atoms with van der Waals surface area (Å²) in [6, 6.07) is 9.93. The van der Waals surface area contributed by atoms with Gasteiger partial charge in [0.1, 0.15) is 25.4 Å². The predicted molar refractivity (Wildman–Crippen MR) is 145 cm³/mol. The summed E-state index contributed by atoms with van der Waals surface area (Å²) in [7, 11) is -2.74. The number of rotatable bonds is 5. The second-order valence-corrected chi connectivity index (χ2v) is 13.2. The fraction of sp³-hybridized carbons (Fsp3) is 0.429. The highest BCUT2D eigenvalue weighted by atomic mass is 31.2. The van der Waals surface area contributed by atoms with Gasteiger partial charge in [-0.3, -0.25) is 4.79 Å². The van der Waals surface area contributed by atoms with Crippen molar-refractivity contribution in [1.29, 1.82) is 5.26 Å². The molecule has 0 bridgehead atoms. The molecule has 2 aliphatic rings. The van der Waals surface area contributed by atoms with Crippen LogP contribution in [-0.2, 0) is 22.2 Å². The van der Waals surface area contributed by atoms with Crippen LogP contribution in [0.4, 0.5) is 5.82 Å². The van der Waals surface area contributed by atoms with Crippen LogP contribution in [0.25, 0.3) is 10.9 Å². The molecule has 5 rings (SSSR count). The van der Waals surface area contributed by atoms with Crippen LogP contribution < -0.4 is 10.6 Å². The van der Waals surface area contributed by atoms with Crippen LogP contribution >= 0.6 is 7.14 Å². The lowest BCUT2D eigenvalue weighted by molar-refractivity contribution is -0.133. The zero-order valence-electron chi connectivity index (χ0n) is 21.5. The molecule has 0 saturated carbocycles. The second-order valence-electron chi connectivity index (χ2n) is 10.1. The predicted octanol–water partition coefficient (Wildman–Crippen LogP) is 3.60. The number of anilines is 1. The largest absolute Gasteiger partial charge is 0.387 e. The Morgan fingerprint density at radius 1 is 1.22 bits per heavy atom. The normalized spacial score (nSPS) is 17.3. The number of hydrogen-bond donors (Lipinski definition) is 2. The Morgan fingerprint density at radius 3 is 2.65 bits per heavy atom. The molecule has 1 aromatic heterocycles. The lowest BCUT2D eigenvalue weighted by Gasteiger charge is -2.33. The number of nitriles is 1. The van der Waals surface area contributed by atoms with E-state index in [0.717, 1.165) is 52.2 Å². The monoisotopic (exact) mass is 517 g/mol. The minimum Gasteiger partial charge on any atom is -0.387 e. The van der Waals surface area contributed by atoms with Gasteiger partial charge >= 0.3 is 0 Å². The third-order valence-electron chi connectivity index (χ3n) is 7.86. The van der Waals surface area contributed by atoms with Crippen molar-refractivity contribution in [2.24, 2.45) is 0 Å². The van der Waals surface area contributed by atoms with Crippen LogP contribution in [0.2, 0.25) is 0 Å². The highest BCUT2D eigenvalue weighted by Gasteiger charge is 2.36. The minimum atomic E-state index is -2.74.